The van der Waals surface area contributed by atoms with Gasteiger partial charge in [0.05, 0.1) is 12.7 Å². The molecule has 0 aliphatic carbocycles. The molecule has 0 radical (unpaired) electrons. The number of thiazole rings is 1. The van der Waals surface area contributed by atoms with Gasteiger partial charge >= 0.3 is 11.9 Å². The van der Waals surface area contributed by atoms with E-state index in [1.807, 2.05) is 0 Å². The van der Waals surface area contributed by atoms with Gasteiger partial charge in [0.1, 0.15) is 28.9 Å². The molecule has 1 aromatic heterocycles. The van der Waals surface area contributed by atoms with Crippen LogP contribution in [0.5, 0.6) is 0 Å². The van der Waals surface area contributed by atoms with Crippen molar-refractivity contribution in [2.45, 2.75) is 57.9 Å². The summed E-state index contributed by atoms with van der Waals surface area (Å²) in [6, 6.07) is 5.80. The van der Waals surface area contributed by atoms with Crippen molar-refractivity contribution in [3.05, 3.63) is 40.9 Å². The smallest absolute Gasteiger partial charge is 0.338 e. The van der Waals surface area contributed by atoms with Gasteiger partial charge in [-0.05, 0) is 56.4 Å². The van der Waals surface area contributed by atoms with Gasteiger partial charge in [0.2, 0.25) is 5.91 Å². The lowest BCUT2D eigenvalue weighted by atomic mass is 10.1. The number of aliphatic hydroxyl groups is 1. The number of nitrogens with one attached hydrogen (secondary N) is 2. The number of carbonyl (C=O) groups is 4. The highest BCUT2D eigenvalue weighted by Gasteiger charge is 2.23. The molecular weight excluding hydrogens is 599 g/mol. The fourth-order valence-electron chi connectivity index (χ4n) is 2.41. The SMILES string of the molecule is CC(C)(C)S(C)(C)C.CO.COC(=O)CNC(=O)C(CS)NC(=O)c1csc(-c2cccc(C(=O)OC(C)(C)C)c2)n1. The van der Waals surface area contributed by atoms with E-state index in [2.05, 4.69) is 72.5 Å². The van der Waals surface area contributed by atoms with E-state index in [0.717, 1.165) is 7.11 Å². The number of benzene rings is 1. The second-order valence-electron chi connectivity index (χ2n) is 11.6. The topological polar surface area (TPSA) is 144 Å². The largest absolute Gasteiger partial charge is 0.468 e. The van der Waals surface area contributed by atoms with Gasteiger partial charge in [-0.2, -0.15) is 12.6 Å². The summed E-state index contributed by atoms with van der Waals surface area (Å²) < 4.78 is 10.4. The van der Waals surface area contributed by atoms with Crippen LogP contribution in [0.4, 0.5) is 0 Å². The lowest BCUT2D eigenvalue weighted by molar-refractivity contribution is -0.141. The number of amides is 2. The van der Waals surface area contributed by atoms with Crippen LogP contribution in [0.2, 0.25) is 0 Å². The Balaban J connectivity index is 0.00000145. The third-order valence-electron chi connectivity index (χ3n) is 5.76. The van der Waals surface area contributed by atoms with Crippen molar-refractivity contribution < 1.29 is 33.8 Å². The number of rotatable bonds is 8. The quantitative estimate of drug-likeness (QED) is 0.248. The highest BCUT2D eigenvalue weighted by molar-refractivity contribution is 8.33. The molecule has 1 heterocycles. The number of hydrogen-bond donors (Lipinski definition) is 4. The number of aliphatic hydroxyl groups excluding tert-OH is 1. The van der Waals surface area contributed by atoms with Gasteiger partial charge in [-0.1, -0.05) is 32.9 Å². The van der Waals surface area contributed by atoms with Gasteiger partial charge in [-0.25, -0.2) is 19.8 Å². The Morgan fingerprint density at radius 2 is 1.64 bits per heavy atom. The number of ether oxygens (including phenoxy) is 2. The van der Waals surface area contributed by atoms with Gasteiger partial charge in [0.15, 0.2) is 0 Å². The number of esters is 2. The molecule has 13 heteroatoms. The molecule has 0 spiro atoms. The molecule has 3 N–H and O–H groups in total. The van der Waals surface area contributed by atoms with Crippen LogP contribution in [0.3, 0.4) is 0 Å². The van der Waals surface area contributed by atoms with Crippen LogP contribution in [0.15, 0.2) is 29.6 Å². The molecule has 2 rings (SSSR count). The molecule has 0 aliphatic heterocycles. The summed E-state index contributed by atoms with van der Waals surface area (Å²) in [6.45, 7) is 12.0. The number of hydrogen-bond acceptors (Lipinski definition) is 10. The number of carbonyl (C=O) groups excluding carboxylic acids is 4. The maximum absolute atomic E-state index is 12.5. The molecular formula is C29H47N3O7S3. The minimum atomic E-state index is -0.962. The molecule has 1 unspecified atom stereocenters. The van der Waals surface area contributed by atoms with E-state index < -0.39 is 35.4 Å². The number of thiol groups is 1. The zero-order valence-corrected chi connectivity index (χ0v) is 29.0. The summed E-state index contributed by atoms with van der Waals surface area (Å²) in [6.07, 6.45) is 7.06. The highest BCUT2D eigenvalue weighted by Crippen LogP contribution is 2.48. The molecule has 1 aromatic carbocycles. The van der Waals surface area contributed by atoms with E-state index in [-0.39, 0.29) is 28.0 Å². The van der Waals surface area contributed by atoms with Gasteiger partial charge in [0, 0.05) is 23.8 Å². The number of methoxy groups -OCH3 is 1. The van der Waals surface area contributed by atoms with Crippen molar-refractivity contribution >= 4 is 57.7 Å². The molecule has 0 saturated carbocycles. The fourth-order valence-corrected chi connectivity index (χ4v) is 3.46. The predicted octanol–water partition coefficient (Wildman–Crippen LogP) is 4.17. The maximum Gasteiger partial charge on any atom is 0.338 e. The highest BCUT2D eigenvalue weighted by atomic mass is 32.3. The first-order chi connectivity index (χ1) is 19.3. The van der Waals surface area contributed by atoms with Crippen molar-refractivity contribution in [3.63, 3.8) is 0 Å². The summed E-state index contributed by atoms with van der Waals surface area (Å²) >= 11 is 5.30. The summed E-state index contributed by atoms with van der Waals surface area (Å²) in [7, 11) is 1.86. The van der Waals surface area contributed by atoms with Gasteiger partial charge in [-0.15, -0.1) is 11.3 Å². The van der Waals surface area contributed by atoms with Crippen LogP contribution in [0.1, 0.15) is 62.4 Å². The average Bonchev–Trinajstić information content (AvgIpc) is 3.40. The van der Waals surface area contributed by atoms with Gasteiger partial charge < -0.3 is 25.2 Å². The predicted molar refractivity (Wildman–Crippen MR) is 176 cm³/mol. The van der Waals surface area contributed by atoms with Crippen molar-refractivity contribution in [2.75, 3.05) is 45.3 Å². The Morgan fingerprint density at radius 3 is 2.12 bits per heavy atom. The third kappa shape index (κ3) is 14.0. The van der Waals surface area contributed by atoms with Gasteiger partial charge in [0.25, 0.3) is 5.91 Å². The van der Waals surface area contributed by atoms with Crippen LogP contribution in [0.25, 0.3) is 10.6 Å². The zero-order valence-electron chi connectivity index (χ0n) is 26.5. The Labute approximate surface area is 261 Å². The van der Waals surface area contributed by atoms with Crippen LogP contribution >= 0.6 is 34.0 Å². The molecule has 10 nitrogen and oxygen atoms in total. The molecule has 0 fully saturated rings. The van der Waals surface area contributed by atoms with Crippen LogP contribution in [-0.4, -0.2) is 95.5 Å². The monoisotopic (exact) mass is 645 g/mol. The van der Waals surface area contributed by atoms with E-state index in [1.165, 1.54) is 18.4 Å². The molecule has 2 aromatic rings. The lowest BCUT2D eigenvalue weighted by Crippen LogP contribution is -2.49. The second-order valence-corrected chi connectivity index (χ2v) is 17.7. The third-order valence-corrected chi connectivity index (χ3v) is 10.7. The summed E-state index contributed by atoms with van der Waals surface area (Å²) in [5.41, 5.74) is 0.516. The van der Waals surface area contributed by atoms with E-state index >= 15 is 0 Å². The minimum absolute atomic E-state index is 0.0215. The van der Waals surface area contributed by atoms with E-state index in [0.29, 0.717) is 20.9 Å². The lowest BCUT2D eigenvalue weighted by Gasteiger charge is -2.40. The molecule has 0 bridgehead atoms. The second kappa shape index (κ2) is 17.5. The maximum atomic E-state index is 12.5. The number of aromatic nitrogens is 1. The molecule has 1 atom stereocenters. The minimum Gasteiger partial charge on any atom is -0.468 e. The summed E-state index contributed by atoms with van der Waals surface area (Å²) in [4.78, 5) is 52.5. The van der Waals surface area contributed by atoms with E-state index in [9.17, 15) is 19.2 Å². The first-order valence-corrected chi connectivity index (χ1v) is 17.3. The van der Waals surface area contributed by atoms with Crippen molar-refractivity contribution in [2.24, 2.45) is 0 Å². The Morgan fingerprint density at radius 1 is 1.07 bits per heavy atom. The molecule has 2 amide bonds. The average molecular weight is 646 g/mol. The van der Waals surface area contributed by atoms with Crippen molar-refractivity contribution in [1.82, 2.24) is 15.6 Å². The molecule has 0 aliphatic rings. The van der Waals surface area contributed by atoms with E-state index in [1.54, 1.807) is 50.4 Å². The first-order valence-electron chi connectivity index (χ1n) is 13.0. The van der Waals surface area contributed by atoms with E-state index in [4.69, 9.17) is 9.84 Å². The van der Waals surface area contributed by atoms with Gasteiger partial charge in [-0.3, -0.25) is 14.4 Å². The Bertz CT molecular complexity index is 1170. The normalized spacial score (nSPS) is 12.3. The first kappa shape index (κ1) is 39.4. The zero-order chi connectivity index (χ0) is 32.9. The Hall–Kier alpha value is -2.61. The molecule has 0 saturated heterocycles. The molecule has 238 valence electrons. The summed E-state index contributed by atoms with van der Waals surface area (Å²) in [5, 5.41) is 14.0. The molecule has 42 heavy (non-hydrogen) atoms. The van der Waals surface area contributed by atoms with Crippen LogP contribution in [0, 0.1) is 0 Å². The van der Waals surface area contributed by atoms with Crippen molar-refractivity contribution in [3.8, 4) is 10.6 Å². The van der Waals surface area contributed by atoms with Crippen LogP contribution < -0.4 is 10.6 Å². The Kier molecular flexibility index (Phi) is 16.4. The fraction of sp³-hybridized carbons (Fsp3) is 0.552. The van der Waals surface area contributed by atoms with Crippen LogP contribution in [-0.2, 0) is 19.1 Å². The standard InChI is InChI=1S/C21H25N3O6S2.C7H18S.CH4O/c1-21(2,3)30-20(28)13-7-5-6-12(8-13)19-24-15(11-32-19)18(27)23-14(10-31)17(26)22-9-16(25)29-4;1-7(2,3)8(4,5)6;1-2/h5-8,11,14,31H,9-10H2,1-4H3,(H,22,26)(H,23,27);1-6H3;2H,1H3. The number of nitrogens with zero attached hydrogens (tertiary/aromatic N) is 1. The summed E-state index contributed by atoms with van der Waals surface area (Å²) in [5.74, 6) is -2.18. The van der Waals surface area contributed by atoms with Crippen molar-refractivity contribution in [1.29, 1.82) is 0 Å².